The first-order valence-corrected chi connectivity index (χ1v) is 11.2. The molecule has 0 aromatic heterocycles. The van der Waals surface area contributed by atoms with Gasteiger partial charge in [-0.05, 0) is 92.2 Å². The van der Waals surface area contributed by atoms with Gasteiger partial charge in [0.25, 0.3) is 5.69 Å². The van der Waals surface area contributed by atoms with Gasteiger partial charge in [0.2, 0.25) is 0 Å². The molecule has 0 aliphatic heterocycles. The first-order valence-electron chi connectivity index (χ1n) is 9.09. The van der Waals surface area contributed by atoms with Crippen molar-refractivity contribution in [2.45, 2.75) is 6.61 Å². The molecule has 0 atom stereocenters. The lowest BCUT2D eigenvalue weighted by Gasteiger charge is -2.12. The summed E-state index contributed by atoms with van der Waals surface area (Å²) in [6, 6.07) is 18.3. The molecular formula is C23H14I2N2O5. The molecule has 0 saturated carbocycles. The first kappa shape index (κ1) is 23.7. The number of benzene rings is 3. The Morgan fingerprint density at radius 3 is 2.28 bits per heavy atom. The van der Waals surface area contributed by atoms with Crippen molar-refractivity contribution in [2.75, 3.05) is 0 Å². The number of aromatic carboxylic acids is 1. The molecular weight excluding hydrogens is 638 g/mol. The fraction of sp³-hybridized carbons (Fsp3) is 0.0435. The molecule has 1 N–H and O–H groups in total. The Morgan fingerprint density at radius 2 is 1.72 bits per heavy atom. The summed E-state index contributed by atoms with van der Waals surface area (Å²) < 4.78 is 7.56. The average Bonchev–Trinajstić information content (AvgIpc) is 2.77. The second kappa shape index (κ2) is 10.6. The fourth-order valence-corrected chi connectivity index (χ4v) is 4.98. The summed E-state index contributed by atoms with van der Waals surface area (Å²) in [5.41, 5.74) is 2.66. The standard InChI is InChI=1S/C23H14I2N2O5/c24-20-10-15(8-18(12-26)16-4-6-17(7-5-16)23(28)29)11-21(25)22(20)32-13-14-2-1-3-19(9-14)27(30)31/h1-11H,13H2,(H,28,29)/b18-8-. The average molecular weight is 652 g/mol. The zero-order valence-corrected chi connectivity index (χ0v) is 20.6. The largest absolute Gasteiger partial charge is 0.487 e. The number of rotatable bonds is 7. The van der Waals surface area contributed by atoms with Crippen LogP contribution in [0.1, 0.15) is 27.0 Å². The molecule has 0 amide bonds. The number of nitrogens with zero attached hydrogens (tertiary/aromatic N) is 2. The lowest BCUT2D eigenvalue weighted by molar-refractivity contribution is -0.384. The number of non-ortho nitro benzene ring substituents is 1. The van der Waals surface area contributed by atoms with Crippen LogP contribution < -0.4 is 4.74 Å². The van der Waals surface area contributed by atoms with Crippen molar-refractivity contribution in [1.82, 2.24) is 0 Å². The van der Waals surface area contributed by atoms with Crippen LogP contribution in [0.4, 0.5) is 5.69 Å². The van der Waals surface area contributed by atoms with Crippen LogP contribution in [0.25, 0.3) is 11.6 Å². The van der Waals surface area contributed by atoms with E-state index in [0.717, 1.165) is 12.7 Å². The Balaban J connectivity index is 1.83. The summed E-state index contributed by atoms with van der Waals surface area (Å²) in [4.78, 5) is 21.5. The Kier molecular flexibility index (Phi) is 7.81. The summed E-state index contributed by atoms with van der Waals surface area (Å²) in [6.45, 7) is 0.183. The number of carbonyl (C=O) groups is 1. The predicted molar refractivity (Wildman–Crippen MR) is 136 cm³/mol. The van der Waals surface area contributed by atoms with E-state index >= 15 is 0 Å². The number of ether oxygens (including phenoxy) is 1. The lowest BCUT2D eigenvalue weighted by Crippen LogP contribution is -2.00. The van der Waals surface area contributed by atoms with Gasteiger partial charge < -0.3 is 9.84 Å². The molecule has 0 saturated heterocycles. The van der Waals surface area contributed by atoms with Crippen molar-refractivity contribution in [2.24, 2.45) is 0 Å². The SMILES string of the molecule is N#C/C(=C/c1cc(I)c(OCc2cccc([N+](=O)[O-])c2)c(I)c1)c1ccc(C(=O)O)cc1. The summed E-state index contributed by atoms with van der Waals surface area (Å²) in [7, 11) is 0. The second-order valence-electron chi connectivity index (χ2n) is 6.58. The molecule has 0 spiro atoms. The normalized spacial score (nSPS) is 11.0. The number of allylic oxidation sites excluding steroid dienone is 1. The van der Waals surface area contributed by atoms with Crippen LogP contribution in [0.15, 0.2) is 60.7 Å². The van der Waals surface area contributed by atoms with Crippen molar-refractivity contribution >= 4 is 68.5 Å². The molecule has 0 aliphatic rings. The molecule has 3 aromatic rings. The van der Waals surface area contributed by atoms with E-state index in [1.807, 2.05) is 12.1 Å². The number of nitro benzene ring substituents is 1. The summed E-state index contributed by atoms with van der Waals surface area (Å²) in [5, 5.41) is 29.5. The topological polar surface area (TPSA) is 113 Å². The summed E-state index contributed by atoms with van der Waals surface area (Å²) in [5.74, 6) is -0.372. The molecule has 3 aromatic carbocycles. The van der Waals surface area contributed by atoms with Crippen LogP contribution >= 0.6 is 45.2 Å². The molecule has 0 heterocycles. The highest BCUT2D eigenvalue weighted by molar-refractivity contribution is 14.1. The van der Waals surface area contributed by atoms with Crippen molar-refractivity contribution in [3.8, 4) is 11.8 Å². The van der Waals surface area contributed by atoms with Crippen LogP contribution in [0, 0.1) is 28.6 Å². The Labute approximate surface area is 210 Å². The van der Waals surface area contributed by atoms with E-state index in [0.29, 0.717) is 22.4 Å². The highest BCUT2D eigenvalue weighted by Gasteiger charge is 2.12. The van der Waals surface area contributed by atoms with Crippen molar-refractivity contribution in [1.29, 1.82) is 5.26 Å². The predicted octanol–water partition coefficient (Wildman–Crippen LogP) is 6.15. The van der Waals surface area contributed by atoms with E-state index in [4.69, 9.17) is 9.84 Å². The maximum Gasteiger partial charge on any atom is 0.335 e. The highest BCUT2D eigenvalue weighted by atomic mass is 127. The van der Waals surface area contributed by atoms with Gasteiger partial charge in [0.1, 0.15) is 12.4 Å². The number of carboxylic acids is 1. The van der Waals surface area contributed by atoms with Gasteiger partial charge in [-0.15, -0.1) is 0 Å². The lowest BCUT2D eigenvalue weighted by atomic mass is 10.0. The molecule has 32 heavy (non-hydrogen) atoms. The zero-order chi connectivity index (χ0) is 23.3. The van der Waals surface area contributed by atoms with Gasteiger partial charge in [-0.2, -0.15) is 5.26 Å². The monoisotopic (exact) mass is 652 g/mol. The smallest absolute Gasteiger partial charge is 0.335 e. The Morgan fingerprint density at radius 1 is 1.09 bits per heavy atom. The molecule has 0 bridgehead atoms. The third-order valence-corrected chi connectivity index (χ3v) is 6.00. The number of nitriles is 1. The van der Waals surface area contributed by atoms with Crippen LogP contribution in [0.3, 0.4) is 0 Å². The number of hydrogen-bond donors (Lipinski definition) is 1. The number of nitro groups is 1. The summed E-state index contributed by atoms with van der Waals surface area (Å²) in [6.07, 6.45) is 1.73. The van der Waals surface area contributed by atoms with Crippen molar-refractivity contribution < 1.29 is 19.6 Å². The minimum Gasteiger partial charge on any atom is -0.487 e. The number of halogens is 2. The third-order valence-electron chi connectivity index (χ3n) is 4.40. The van der Waals surface area contributed by atoms with E-state index in [1.165, 1.54) is 24.3 Å². The van der Waals surface area contributed by atoms with E-state index in [2.05, 4.69) is 51.3 Å². The van der Waals surface area contributed by atoms with Crippen molar-refractivity contribution in [3.05, 3.63) is 100 Å². The molecule has 0 aliphatic carbocycles. The van der Waals surface area contributed by atoms with E-state index in [9.17, 15) is 20.2 Å². The molecule has 7 nitrogen and oxygen atoms in total. The third kappa shape index (κ3) is 5.83. The number of carboxylic acid groups (broad SMARTS) is 1. The van der Waals surface area contributed by atoms with Crippen LogP contribution in [-0.4, -0.2) is 16.0 Å². The van der Waals surface area contributed by atoms with Gasteiger partial charge in [-0.25, -0.2) is 4.79 Å². The Hall–Kier alpha value is -2.98. The molecule has 0 fully saturated rings. The Bertz CT molecular complexity index is 1240. The first-order chi connectivity index (χ1) is 15.3. The molecule has 0 unspecified atom stereocenters. The zero-order valence-electron chi connectivity index (χ0n) is 16.3. The quantitative estimate of drug-likeness (QED) is 0.108. The maximum absolute atomic E-state index is 11.0. The van der Waals surface area contributed by atoms with E-state index in [-0.39, 0.29) is 17.9 Å². The molecule has 3 rings (SSSR count). The van der Waals surface area contributed by atoms with Gasteiger partial charge in [0.05, 0.1) is 29.3 Å². The molecule has 9 heteroatoms. The molecule has 160 valence electrons. The van der Waals surface area contributed by atoms with E-state index < -0.39 is 10.9 Å². The van der Waals surface area contributed by atoms with Gasteiger partial charge in [-0.1, -0.05) is 24.3 Å². The minimum atomic E-state index is -1.02. The van der Waals surface area contributed by atoms with E-state index in [1.54, 1.807) is 30.3 Å². The summed E-state index contributed by atoms with van der Waals surface area (Å²) >= 11 is 4.28. The minimum absolute atomic E-state index is 0.0106. The van der Waals surface area contributed by atoms with Gasteiger partial charge >= 0.3 is 5.97 Å². The maximum atomic E-state index is 11.0. The molecule has 0 radical (unpaired) electrons. The van der Waals surface area contributed by atoms with Gasteiger partial charge in [0, 0.05) is 12.1 Å². The number of hydrogen-bond acceptors (Lipinski definition) is 5. The van der Waals surface area contributed by atoms with Crippen LogP contribution in [-0.2, 0) is 6.61 Å². The fourth-order valence-electron chi connectivity index (χ4n) is 2.86. The second-order valence-corrected chi connectivity index (χ2v) is 8.91. The van der Waals surface area contributed by atoms with Gasteiger partial charge in [-0.3, -0.25) is 10.1 Å². The van der Waals surface area contributed by atoms with Gasteiger partial charge in [0.15, 0.2) is 0 Å². The highest BCUT2D eigenvalue weighted by Crippen LogP contribution is 2.31. The van der Waals surface area contributed by atoms with Crippen LogP contribution in [0.2, 0.25) is 0 Å². The van der Waals surface area contributed by atoms with Crippen LogP contribution in [0.5, 0.6) is 5.75 Å². The van der Waals surface area contributed by atoms with Crippen molar-refractivity contribution in [3.63, 3.8) is 0 Å².